The minimum absolute atomic E-state index is 0.189. The van der Waals surface area contributed by atoms with Crippen LogP contribution in [0, 0.1) is 0 Å². The largest absolute Gasteiger partial charge is 0.367 e. The van der Waals surface area contributed by atoms with Gasteiger partial charge in [-0.1, -0.05) is 19.1 Å². The first kappa shape index (κ1) is 16.9. The molecule has 1 aliphatic rings. The third kappa shape index (κ3) is 3.75. The molecule has 1 amide bonds. The predicted molar refractivity (Wildman–Crippen MR) is 98.7 cm³/mol. The molecule has 0 saturated carbocycles. The Hall–Kier alpha value is -1.96. The smallest absolute Gasteiger partial charge is 0.275 e. The van der Waals surface area contributed by atoms with E-state index >= 15 is 0 Å². The van der Waals surface area contributed by atoms with E-state index in [0.29, 0.717) is 12.2 Å². The Kier molecular flexibility index (Phi) is 5.44. The highest BCUT2D eigenvalue weighted by Gasteiger charge is 2.19. The standard InChI is InChI=1S/C17H23N5OS/c1-2-21-7-9-22(10-8-21)15-6-4-3-5-13(15)20-17(23)14-12-24-16(11-18)19-14/h3-6,12H,2,7-11,18H2,1H3,(H,20,23). The molecule has 1 aliphatic heterocycles. The van der Waals surface area contributed by atoms with Crippen molar-refractivity contribution in [3.63, 3.8) is 0 Å². The number of anilines is 2. The van der Waals surface area contributed by atoms with Crippen molar-refractivity contribution in [1.29, 1.82) is 0 Å². The number of hydrogen-bond donors (Lipinski definition) is 2. The number of rotatable bonds is 5. The molecule has 128 valence electrons. The maximum absolute atomic E-state index is 12.4. The van der Waals surface area contributed by atoms with Gasteiger partial charge in [0.15, 0.2) is 0 Å². The van der Waals surface area contributed by atoms with Crippen molar-refractivity contribution in [2.45, 2.75) is 13.5 Å². The van der Waals surface area contributed by atoms with E-state index in [4.69, 9.17) is 5.73 Å². The first-order chi connectivity index (χ1) is 11.7. The fraction of sp³-hybridized carbons (Fsp3) is 0.412. The van der Waals surface area contributed by atoms with Gasteiger partial charge < -0.3 is 20.9 Å². The average molecular weight is 345 g/mol. The lowest BCUT2D eigenvalue weighted by Crippen LogP contribution is -2.46. The molecule has 1 saturated heterocycles. The van der Waals surface area contributed by atoms with E-state index in [-0.39, 0.29) is 5.91 Å². The van der Waals surface area contributed by atoms with Crippen molar-refractivity contribution in [1.82, 2.24) is 9.88 Å². The monoisotopic (exact) mass is 345 g/mol. The lowest BCUT2D eigenvalue weighted by Gasteiger charge is -2.36. The second kappa shape index (κ2) is 7.74. The summed E-state index contributed by atoms with van der Waals surface area (Å²) < 4.78 is 0. The van der Waals surface area contributed by atoms with E-state index in [1.807, 2.05) is 18.2 Å². The molecule has 7 heteroatoms. The number of carbonyl (C=O) groups excluding carboxylic acids is 1. The van der Waals surface area contributed by atoms with Crippen LogP contribution in [0.25, 0.3) is 0 Å². The molecule has 3 rings (SSSR count). The van der Waals surface area contributed by atoms with Gasteiger partial charge in [0.2, 0.25) is 0 Å². The predicted octanol–water partition coefficient (Wildman–Crippen LogP) is 2.00. The zero-order chi connectivity index (χ0) is 16.9. The molecule has 0 aliphatic carbocycles. The van der Waals surface area contributed by atoms with Crippen molar-refractivity contribution in [3.05, 3.63) is 40.3 Å². The quantitative estimate of drug-likeness (QED) is 0.867. The molecule has 1 fully saturated rings. The van der Waals surface area contributed by atoms with Crippen LogP contribution in [-0.2, 0) is 6.54 Å². The van der Waals surface area contributed by atoms with E-state index < -0.39 is 0 Å². The number of nitrogens with two attached hydrogens (primary N) is 1. The molecule has 0 spiro atoms. The minimum Gasteiger partial charge on any atom is -0.367 e. The van der Waals surface area contributed by atoms with Crippen molar-refractivity contribution >= 4 is 28.6 Å². The number of benzene rings is 1. The molecule has 24 heavy (non-hydrogen) atoms. The summed E-state index contributed by atoms with van der Waals surface area (Å²) in [6.45, 7) is 7.65. The summed E-state index contributed by atoms with van der Waals surface area (Å²) in [6.07, 6.45) is 0. The van der Waals surface area contributed by atoms with E-state index in [1.54, 1.807) is 5.38 Å². The fourth-order valence-electron chi connectivity index (χ4n) is 2.86. The van der Waals surface area contributed by atoms with Gasteiger partial charge in [-0.25, -0.2) is 4.98 Å². The summed E-state index contributed by atoms with van der Waals surface area (Å²) in [5, 5.41) is 5.51. The lowest BCUT2D eigenvalue weighted by atomic mass is 10.2. The second-order valence-corrected chi connectivity index (χ2v) is 6.67. The molecule has 0 bridgehead atoms. The first-order valence-electron chi connectivity index (χ1n) is 8.23. The summed E-state index contributed by atoms with van der Waals surface area (Å²) in [5.74, 6) is -0.189. The van der Waals surface area contributed by atoms with Crippen LogP contribution in [0.1, 0.15) is 22.4 Å². The zero-order valence-electron chi connectivity index (χ0n) is 13.9. The van der Waals surface area contributed by atoms with E-state index in [0.717, 1.165) is 49.1 Å². The number of likely N-dealkylation sites (N-methyl/N-ethyl adjacent to an activating group) is 1. The van der Waals surface area contributed by atoms with Gasteiger partial charge in [-0.3, -0.25) is 4.79 Å². The molecular formula is C17H23N5OS. The highest BCUT2D eigenvalue weighted by molar-refractivity contribution is 7.09. The maximum Gasteiger partial charge on any atom is 0.275 e. The first-order valence-corrected chi connectivity index (χ1v) is 9.11. The molecule has 1 aromatic heterocycles. The molecule has 2 aromatic rings. The SMILES string of the molecule is CCN1CCN(c2ccccc2NC(=O)c2csc(CN)n2)CC1. The van der Waals surface area contributed by atoms with Gasteiger partial charge in [-0.2, -0.15) is 0 Å². The molecule has 6 nitrogen and oxygen atoms in total. The number of para-hydroxylation sites is 2. The highest BCUT2D eigenvalue weighted by atomic mass is 32.1. The summed E-state index contributed by atoms with van der Waals surface area (Å²) in [6, 6.07) is 7.94. The topological polar surface area (TPSA) is 74.5 Å². The normalized spacial score (nSPS) is 15.5. The van der Waals surface area contributed by atoms with Gasteiger partial charge in [0.25, 0.3) is 5.91 Å². The summed E-state index contributed by atoms with van der Waals surface area (Å²) >= 11 is 1.41. The third-order valence-electron chi connectivity index (χ3n) is 4.27. The molecule has 0 atom stereocenters. The molecule has 0 radical (unpaired) electrons. The van der Waals surface area contributed by atoms with E-state index in [2.05, 4.69) is 33.1 Å². The third-order valence-corrected chi connectivity index (χ3v) is 5.14. The Morgan fingerprint density at radius 3 is 2.71 bits per heavy atom. The van der Waals surface area contributed by atoms with Crippen molar-refractivity contribution in [2.24, 2.45) is 5.73 Å². The van der Waals surface area contributed by atoms with Crippen molar-refractivity contribution in [2.75, 3.05) is 42.9 Å². The van der Waals surface area contributed by atoms with Gasteiger partial charge in [0.1, 0.15) is 10.7 Å². The minimum atomic E-state index is -0.189. The zero-order valence-corrected chi connectivity index (χ0v) is 14.7. The van der Waals surface area contributed by atoms with Crippen molar-refractivity contribution < 1.29 is 4.79 Å². The van der Waals surface area contributed by atoms with Crippen LogP contribution >= 0.6 is 11.3 Å². The highest BCUT2D eigenvalue weighted by Crippen LogP contribution is 2.27. The fourth-order valence-corrected chi connectivity index (χ4v) is 3.51. The van der Waals surface area contributed by atoms with Crippen molar-refractivity contribution in [3.8, 4) is 0 Å². The molecule has 3 N–H and O–H groups in total. The van der Waals surface area contributed by atoms with Gasteiger partial charge in [0, 0.05) is 38.1 Å². The Morgan fingerprint density at radius 1 is 1.29 bits per heavy atom. The Bertz CT molecular complexity index is 694. The number of carbonyl (C=O) groups is 1. The van der Waals surface area contributed by atoms with Gasteiger partial charge in [0.05, 0.1) is 11.4 Å². The van der Waals surface area contributed by atoms with Crippen LogP contribution in [0.2, 0.25) is 0 Å². The summed E-state index contributed by atoms with van der Waals surface area (Å²) in [5.41, 5.74) is 7.88. The summed E-state index contributed by atoms with van der Waals surface area (Å²) in [4.78, 5) is 21.5. The average Bonchev–Trinajstić information content (AvgIpc) is 3.12. The van der Waals surface area contributed by atoms with E-state index in [1.165, 1.54) is 11.3 Å². The number of thiazole rings is 1. The van der Waals surface area contributed by atoms with Crippen LogP contribution in [-0.4, -0.2) is 48.5 Å². The number of aromatic nitrogens is 1. The molecular weight excluding hydrogens is 322 g/mol. The van der Waals surface area contributed by atoms with E-state index in [9.17, 15) is 4.79 Å². The van der Waals surface area contributed by atoms with Gasteiger partial charge in [-0.05, 0) is 18.7 Å². The number of nitrogens with zero attached hydrogens (tertiary/aromatic N) is 3. The van der Waals surface area contributed by atoms with Crippen LogP contribution in [0.4, 0.5) is 11.4 Å². The Balaban J connectivity index is 1.73. The summed E-state index contributed by atoms with van der Waals surface area (Å²) in [7, 11) is 0. The van der Waals surface area contributed by atoms with Gasteiger partial charge >= 0.3 is 0 Å². The van der Waals surface area contributed by atoms with Crippen LogP contribution in [0.3, 0.4) is 0 Å². The number of amides is 1. The maximum atomic E-state index is 12.4. The number of hydrogen-bond acceptors (Lipinski definition) is 6. The molecule has 1 aromatic carbocycles. The number of nitrogens with one attached hydrogen (secondary N) is 1. The number of piperazine rings is 1. The Morgan fingerprint density at radius 2 is 2.04 bits per heavy atom. The van der Waals surface area contributed by atoms with Crippen LogP contribution < -0.4 is 16.0 Å². The van der Waals surface area contributed by atoms with Crippen LogP contribution in [0.5, 0.6) is 0 Å². The lowest BCUT2D eigenvalue weighted by molar-refractivity contribution is 0.102. The van der Waals surface area contributed by atoms with Gasteiger partial charge in [-0.15, -0.1) is 11.3 Å². The Labute approximate surface area is 146 Å². The molecule has 2 heterocycles. The second-order valence-electron chi connectivity index (χ2n) is 5.72. The molecule has 0 unspecified atom stereocenters. The van der Waals surface area contributed by atoms with Crippen LogP contribution in [0.15, 0.2) is 29.6 Å².